The maximum absolute atomic E-state index is 13.6. The van der Waals surface area contributed by atoms with Crippen LogP contribution in [-0.4, -0.2) is 22.6 Å². The van der Waals surface area contributed by atoms with Gasteiger partial charge in [0.2, 0.25) is 0 Å². The predicted octanol–water partition coefficient (Wildman–Crippen LogP) is 6.56. The highest BCUT2D eigenvalue weighted by Crippen LogP contribution is 2.38. The van der Waals surface area contributed by atoms with Crippen LogP contribution in [0.5, 0.6) is 6.01 Å². The highest BCUT2D eigenvalue weighted by Gasteiger charge is 2.37. The molecule has 7 heteroatoms. The summed E-state index contributed by atoms with van der Waals surface area (Å²) in [5.41, 5.74) is 0.228. The molecule has 2 rings (SSSR count). The average molecular weight is 409 g/mol. The number of ether oxygens (including phenoxy) is 1. The third-order valence-electron chi connectivity index (χ3n) is 4.38. The van der Waals surface area contributed by atoms with Crippen LogP contribution < -0.4 is 9.64 Å². The lowest BCUT2D eigenvalue weighted by molar-refractivity contribution is -0.137. The van der Waals surface area contributed by atoms with Crippen molar-refractivity contribution in [2.75, 3.05) is 11.9 Å². The van der Waals surface area contributed by atoms with Crippen molar-refractivity contribution < 1.29 is 17.9 Å². The number of alkyl halides is 3. The van der Waals surface area contributed by atoms with Crippen LogP contribution in [0, 0.1) is 0 Å². The quantitative estimate of drug-likeness (QED) is 0.463. The van der Waals surface area contributed by atoms with Crippen LogP contribution in [0.4, 0.5) is 24.7 Å². The predicted molar refractivity (Wildman–Crippen MR) is 110 cm³/mol. The Balaban J connectivity index is 2.34. The molecule has 0 amide bonds. The van der Waals surface area contributed by atoms with Gasteiger partial charge in [0.15, 0.2) is 5.82 Å². The Morgan fingerprint density at radius 3 is 2.41 bits per heavy atom. The molecular weight excluding hydrogens is 379 g/mol. The number of anilines is 2. The summed E-state index contributed by atoms with van der Waals surface area (Å²) in [5, 5.41) is 0. The average Bonchev–Trinajstić information content (AvgIpc) is 2.62. The fourth-order valence-electron chi connectivity index (χ4n) is 2.93. The molecule has 0 atom stereocenters. The molecule has 1 aromatic carbocycles. The maximum Gasteiger partial charge on any atom is 0.421 e. The molecule has 1 aromatic heterocycles. The van der Waals surface area contributed by atoms with E-state index in [1.165, 1.54) is 11.3 Å². The molecule has 0 unspecified atom stereocenters. The van der Waals surface area contributed by atoms with Crippen molar-refractivity contribution in [2.24, 2.45) is 0 Å². The molecule has 0 radical (unpaired) electrons. The Hall–Kier alpha value is -2.31. The minimum absolute atomic E-state index is 0.0805. The van der Waals surface area contributed by atoms with E-state index in [4.69, 9.17) is 4.74 Å². The van der Waals surface area contributed by atoms with Gasteiger partial charge >= 0.3 is 12.2 Å². The minimum atomic E-state index is -4.57. The first-order valence-corrected chi connectivity index (χ1v) is 9.97. The zero-order valence-electron chi connectivity index (χ0n) is 17.8. The molecule has 0 fully saturated rings. The van der Waals surface area contributed by atoms with Gasteiger partial charge in [-0.1, -0.05) is 38.3 Å². The van der Waals surface area contributed by atoms with Gasteiger partial charge < -0.3 is 9.64 Å². The number of aryl methyl sites for hydroxylation is 1. The number of rotatable bonds is 8. The largest absolute Gasteiger partial charge is 0.458 e. The number of halogens is 3. The second kappa shape index (κ2) is 9.46. The fourth-order valence-corrected chi connectivity index (χ4v) is 2.93. The van der Waals surface area contributed by atoms with Crippen LogP contribution in [0.2, 0.25) is 0 Å². The Bertz CT molecular complexity index is 801. The SMILES string of the molecule is CCCCCCc1cccc(N(C)c2nc(OC(C)(C)C)ncc2C(F)(F)F)c1. The molecule has 0 spiro atoms. The van der Waals surface area contributed by atoms with Crippen LogP contribution in [0.15, 0.2) is 30.5 Å². The molecule has 2 aromatic rings. The number of hydrogen-bond acceptors (Lipinski definition) is 4. The first-order chi connectivity index (χ1) is 13.5. The smallest absolute Gasteiger partial charge is 0.421 e. The van der Waals surface area contributed by atoms with Gasteiger partial charge in [-0.3, -0.25) is 0 Å². The summed E-state index contributed by atoms with van der Waals surface area (Å²) in [6.07, 6.45) is 1.67. The molecule has 29 heavy (non-hydrogen) atoms. The Kier molecular flexibility index (Phi) is 7.49. The van der Waals surface area contributed by atoms with Crippen molar-refractivity contribution in [3.05, 3.63) is 41.6 Å². The number of nitrogens with zero attached hydrogens (tertiary/aromatic N) is 3. The summed E-state index contributed by atoms with van der Waals surface area (Å²) < 4.78 is 46.3. The van der Waals surface area contributed by atoms with Crippen LogP contribution in [-0.2, 0) is 12.6 Å². The third kappa shape index (κ3) is 6.91. The monoisotopic (exact) mass is 409 g/mol. The molecule has 0 aliphatic heterocycles. The van der Waals surface area contributed by atoms with E-state index in [0.29, 0.717) is 5.69 Å². The van der Waals surface area contributed by atoms with Crippen molar-refractivity contribution in [1.82, 2.24) is 9.97 Å². The lowest BCUT2D eigenvalue weighted by Crippen LogP contribution is -2.26. The van der Waals surface area contributed by atoms with Crippen LogP contribution in [0.3, 0.4) is 0 Å². The molecule has 0 bridgehead atoms. The van der Waals surface area contributed by atoms with Gasteiger partial charge in [-0.2, -0.15) is 18.2 Å². The lowest BCUT2D eigenvalue weighted by Gasteiger charge is -2.25. The highest BCUT2D eigenvalue weighted by molar-refractivity contribution is 5.63. The Morgan fingerprint density at radius 1 is 1.07 bits per heavy atom. The Labute approximate surface area is 171 Å². The number of aromatic nitrogens is 2. The van der Waals surface area contributed by atoms with Gasteiger partial charge in [0.25, 0.3) is 0 Å². The topological polar surface area (TPSA) is 38.2 Å². The molecule has 160 valence electrons. The molecule has 0 aliphatic rings. The zero-order valence-corrected chi connectivity index (χ0v) is 17.8. The zero-order chi connectivity index (χ0) is 21.7. The molecule has 1 heterocycles. The van der Waals surface area contributed by atoms with E-state index in [0.717, 1.165) is 37.4 Å². The fraction of sp³-hybridized carbons (Fsp3) is 0.545. The van der Waals surface area contributed by atoms with Crippen LogP contribution in [0.25, 0.3) is 0 Å². The van der Waals surface area contributed by atoms with Gasteiger partial charge in [0, 0.05) is 18.9 Å². The van der Waals surface area contributed by atoms with Crippen molar-refractivity contribution in [2.45, 2.75) is 71.6 Å². The Morgan fingerprint density at radius 2 is 1.79 bits per heavy atom. The highest BCUT2D eigenvalue weighted by atomic mass is 19.4. The first-order valence-electron chi connectivity index (χ1n) is 9.97. The summed E-state index contributed by atoms with van der Waals surface area (Å²) in [4.78, 5) is 9.29. The van der Waals surface area contributed by atoms with Gasteiger partial charge in [0.05, 0.1) is 0 Å². The normalized spacial score (nSPS) is 12.1. The van der Waals surface area contributed by atoms with E-state index in [1.54, 1.807) is 33.9 Å². The summed E-state index contributed by atoms with van der Waals surface area (Å²) in [5.74, 6) is -0.227. The van der Waals surface area contributed by atoms with Gasteiger partial charge in [-0.05, 0) is 51.3 Å². The van der Waals surface area contributed by atoms with Gasteiger partial charge in [0.1, 0.15) is 11.2 Å². The molecule has 0 aliphatic carbocycles. The van der Waals surface area contributed by atoms with Gasteiger partial charge in [-0.15, -0.1) is 0 Å². The summed E-state index contributed by atoms with van der Waals surface area (Å²) in [6, 6.07) is 7.48. The second-order valence-corrected chi connectivity index (χ2v) is 8.14. The second-order valence-electron chi connectivity index (χ2n) is 8.14. The van der Waals surface area contributed by atoms with Crippen molar-refractivity contribution >= 4 is 11.5 Å². The molecular formula is C22H30F3N3O. The van der Waals surface area contributed by atoms with E-state index >= 15 is 0 Å². The number of benzene rings is 1. The van der Waals surface area contributed by atoms with Crippen LogP contribution in [0.1, 0.15) is 64.5 Å². The number of unbranched alkanes of at least 4 members (excludes halogenated alkanes) is 3. The first kappa shape index (κ1) is 23.0. The van der Waals surface area contributed by atoms with Crippen LogP contribution >= 0.6 is 0 Å². The molecule has 0 N–H and O–H groups in total. The minimum Gasteiger partial charge on any atom is -0.458 e. The number of hydrogen-bond donors (Lipinski definition) is 0. The van der Waals surface area contributed by atoms with E-state index in [-0.39, 0.29) is 11.8 Å². The van der Waals surface area contributed by atoms with E-state index < -0.39 is 17.3 Å². The molecule has 4 nitrogen and oxygen atoms in total. The summed E-state index contributed by atoms with van der Waals surface area (Å²) in [6.45, 7) is 7.53. The summed E-state index contributed by atoms with van der Waals surface area (Å²) in [7, 11) is 1.58. The third-order valence-corrected chi connectivity index (χ3v) is 4.38. The van der Waals surface area contributed by atoms with Crippen molar-refractivity contribution in [1.29, 1.82) is 0 Å². The van der Waals surface area contributed by atoms with Crippen molar-refractivity contribution in [3.63, 3.8) is 0 Å². The lowest BCUT2D eigenvalue weighted by atomic mass is 10.1. The standard InChI is InChI=1S/C22H30F3N3O/c1-6-7-8-9-11-16-12-10-13-17(14-16)28(5)19-18(22(23,24)25)15-26-20(27-19)29-21(2,3)4/h10,12-15H,6-9,11H2,1-5H3. The van der Waals surface area contributed by atoms with E-state index in [1.807, 2.05) is 18.2 Å². The van der Waals surface area contributed by atoms with Gasteiger partial charge in [-0.25, -0.2) is 4.98 Å². The molecule has 0 saturated carbocycles. The van der Waals surface area contributed by atoms with E-state index in [2.05, 4.69) is 16.9 Å². The maximum atomic E-state index is 13.6. The van der Waals surface area contributed by atoms with E-state index in [9.17, 15) is 13.2 Å². The molecule has 0 saturated heterocycles. The van der Waals surface area contributed by atoms with Crippen molar-refractivity contribution in [3.8, 4) is 6.01 Å². The summed E-state index contributed by atoms with van der Waals surface area (Å²) >= 11 is 0.